The molecule has 0 aliphatic carbocycles. The third-order valence-corrected chi connectivity index (χ3v) is 1.99. The van der Waals surface area contributed by atoms with Crippen molar-refractivity contribution < 1.29 is 4.39 Å². The Morgan fingerprint density at radius 1 is 1.54 bits per heavy atom. The molecule has 0 N–H and O–H groups in total. The zero-order valence-corrected chi connectivity index (χ0v) is 8.51. The summed E-state index contributed by atoms with van der Waals surface area (Å²) < 4.78 is 13.2. The van der Waals surface area contributed by atoms with Crippen LogP contribution in [0.1, 0.15) is 13.8 Å². The summed E-state index contributed by atoms with van der Waals surface area (Å²) in [5, 5.41) is 0.0592. The van der Waals surface area contributed by atoms with Gasteiger partial charge in [0, 0.05) is 13.1 Å². The van der Waals surface area contributed by atoms with E-state index in [-0.39, 0.29) is 17.1 Å². The molecular weight excluding hydrogens is 193 g/mol. The van der Waals surface area contributed by atoms with Crippen LogP contribution in [0, 0.1) is 5.82 Å². The van der Waals surface area contributed by atoms with E-state index in [1.807, 2.05) is 13.8 Å². The highest BCUT2D eigenvalue weighted by atomic mass is 35.5. The van der Waals surface area contributed by atoms with Crippen LogP contribution in [0.15, 0.2) is 6.20 Å². The van der Waals surface area contributed by atoms with Gasteiger partial charge in [0.25, 0.3) is 0 Å². The van der Waals surface area contributed by atoms with Gasteiger partial charge in [0.05, 0.1) is 6.20 Å². The Labute approximate surface area is 81.6 Å². The fraction of sp³-hybridized carbons (Fsp3) is 0.500. The van der Waals surface area contributed by atoms with Crippen molar-refractivity contribution in [1.82, 2.24) is 9.97 Å². The van der Waals surface area contributed by atoms with Crippen molar-refractivity contribution in [3.05, 3.63) is 17.3 Å². The van der Waals surface area contributed by atoms with Crippen LogP contribution in [0.4, 0.5) is 10.2 Å². The van der Waals surface area contributed by atoms with Crippen molar-refractivity contribution in [3.8, 4) is 0 Å². The van der Waals surface area contributed by atoms with Crippen molar-refractivity contribution in [3.63, 3.8) is 0 Å². The first-order valence-electron chi connectivity index (χ1n) is 3.93. The lowest BCUT2D eigenvalue weighted by atomic mass is 10.3. The number of halogens is 2. The second-order valence-electron chi connectivity index (χ2n) is 3.02. The number of nitrogens with zero attached hydrogens (tertiary/aromatic N) is 3. The Morgan fingerprint density at radius 2 is 2.15 bits per heavy atom. The third kappa shape index (κ3) is 2.28. The van der Waals surface area contributed by atoms with Crippen LogP contribution in [0.3, 0.4) is 0 Å². The minimum absolute atomic E-state index is 0.0592. The van der Waals surface area contributed by atoms with Gasteiger partial charge in [0.1, 0.15) is 0 Å². The fourth-order valence-electron chi connectivity index (χ4n) is 0.829. The third-order valence-electron chi connectivity index (χ3n) is 1.80. The molecule has 0 spiro atoms. The zero-order chi connectivity index (χ0) is 10.0. The largest absolute Gasteiger partial charge is 0.355 e. The van der Waals surface area contributed by atoms with E-state index >= 15 is 0 Å². The summed E-state index contributed by atoms with van der Waals surface area (Å²) in [4.78, 5) is 9.03. The lowest BCUT2D eigenvalue weighted by molar-refractivity contribution is 0.597. The van der Waals surface area contributed by atoms with E-state index in [0.29, 0.717) is 0 Å². The monoisotopic (exact) mass is 203 g/mol. The van der Waals surface area contributed by atoms with Gasteiger partial charge in [-0.3, -0.25) is 0 Å². The molecule has 1 aromatic heterocycles. The summed E-state index contributed by atoms with van der Waals surface area (Å²) >= 11 is 5.55. The van der Waals surface area contributed by atoms with Crippen molar-refractivity contribution in [1.29, 1.82) is 0 Å². The van der Waals surface area contributed by atoms with E-state index in [2.05, 4.69) is 9.97 Å². The topological polar surface area (TPSA) is 29.0 Å². The van der Waals surface area contributed by atoms with Crippen LogP contribution in [-0.2, 0) is 0 Å². The van der Waals surface area contributed by atoms with E-state index in [1.165, 1.54) is 0 Å². The van der Waals surface area contributed by atoms with Gasteiger partial charge >= 0.3 is 0 Å². The quantitative estimate of drug-likeness (QED) is 0.690. The van der Waals surface area contributed by atoms with Crippen LogP contribution in [0.5, 0.6) is 0 Å². The molecule has 0 saturated heterocycles. The van der Waals surface area contributed by atoms with Crippen molar-refractivity contribution >= 4 is 17.4 Å². The van der Waals surface area contributed by atoms with Crippen LogP contribution in [0.2, 0.25) is 5.28 Å². The number of aromatic nitrogens is 2. The Hall–Kier alpha value is -0.900. The Morgan fingerprint density at radius 3 is 2.69 bits per heavy atom. The van der Waals surface area contributed by atoms with Crippen molar-refractivity contribution in [2.45, 2.75) is 19.9 Å². The number of anilines is 1. The predicted molar refractivity (Wildman–Crippen MR) is 50.5 cm³/mol. The molecule has 0 amide bonds. The van der Waals surface area contributed by atoms with Gasteiger partial charge in [-0.15, -0.1) is 0 Å². The SMILES string of the molecule is CC(C)N(C)c1nc(Cl)ncc1F. The maximum Gasteiger partial charge on any atom is 0.224 e. The molecular formula is C8H11ClFN3. The van der Waals surface area contributed by atoms with Gasteiger partial charge in [-0.05, 0) is 25.4 Å². The first kappa shape index (κ1) is 10.2. The average molecular weight is 204 g/mol. The summed E-state index contributed by atoms with van der Waals surface area (Å²) in [6, 6.07) is 0.167. The van der Waals surface area contributed by atoms with E-state index in [9.17, 15) is 4.39 Å². The van der Waals surface area contributed by atoms with Gasteiger partial charge in [-0.2, -0.15) is 4.98 Å². The second-order valence-corrected chi connectivity index (χ2v) is 3.35. The lowest BCUT2D eigenvalue weighted by Crippen LogP contribution is -2.27. The maximum atomic E-state index is 13.2. The van der Waals surface area contributed by atoms with E-state index in [1.54, 1.807) is 11.9 Å². The summed E-state index contributed by atoms with van der Waals surface area (Å²) in [5.74, 6) is -0.226. The smallest absolute Gasteiger partial charge is 0.224 e. The van der Waals surface area contributed by atoms with Crippen molar-refractivity contribution in [2.75, 3.05) is 11.9 Å². The molecule has 5 heteroatoms. The highest BCUT2D eigenvalue weighted by Gasteiger charge is 2.12. The van der Waals surface area contributed by atoms with Crippen LogP contribution in [0.25, 0.3) is 0 Å². The second kappa shape index (κ2) is 3.87. The maximum absolute atomic E-state index is 13.2. The first-order chi connectivity index (χ1) is 6.02. The molecule has 0 bridgehead atoms. The predicted octanol–water partition coefficient (Wildman–Crippen LogP) is 2.11. The summed E-state index contributed by atoms with van der Waals surface area (Å²) in [5.41, 5.74) is 0. The number of hydrogen-bond donors (Lipinski definition) is 0. The first-order valence-corrected chi connectivity index (χ1v) is 4.31. The molecule has 0 radical (unpaired) electrons. The molecule has 1 aromatic rings. The number of hydrogen-bond acceptors (Lipinski definition) is 3. The molecule has 1 rings (SSSR count). The Balaban J connectivity index is 3.05. The van der Waals surface area contributed by atoms with Crippen LogP contribution < -0.4 is 4.90 Å². The minimum Gasteiger partial charge on any atom is -0.355 e. The molecule has 0 aliphatic heterocycles. The van der Waals surface area contributed by atoms with Crippen LogP contribution in [-0.4, -0.2) is 23.1 Å². The summed E-state index contributed by atoms with van der Waals surface area (Å²) in [7, 11) is 1.76. The van der Waals surface area contributed by atoms with Gasteiger partial charge in [0.2, 0.25) is 5.28 Å². The molecule has 0 aromatic carbocycles. The summed E-state index contributed by atoms with van der Waals surface area (Å²) in [6.45, 7) is 3.88. The van der Waals surface area contributed by atoms with E-state index in [4.69, 9.17) is 11.6 Å². The Bertz CT molecular complexity index is 303. The summed E-state index contributed by atoms with van der Waals surface area (Å²) in [6.07, 6.45) is 1.07. The molecule has 0 saturated carbocycles. The minimum atomic E-state index is -0.458. The van der Waals surface area contributed by atoms with Gasteiger partial charge in [0.15, 0.2) is 11.6 Å². The van der Waals surface area contributed by atoms with Crippen LogP contribution >= 0.6 is 11.6 Å². The molecule has 0 aliphatic rings. The molecule has 72 valence electrons. The standard InChI is InChI=1S/C8H11ClFN3/c1-5(2)13(3)7-6(10)4-11-8(9)12-7/h4-5H,1-3H3. The number of rotatable bonds is 2. The molecule has 0 fully saturated rings. The fourth-order valence-corrected chi connectivity index (χ4v) is 0.958. The lowest BCUT2D eigenvalue weighted by Gasteiger charge is -2.22. The normalized spacial score (nSPS) is 10.6. The zero-order valence-electron chi connectivity index (χ0n) is 7.75. The van der Waals surface area contributed by atoms with E-state index < -0.39 is 5.82 Å². The van der Waals surface area contributed by atoms with E-state index in [0.717, 1.165) is 6.20 Å². The van der Waals surface area contributed by atoms with Crippen molar-refractivity contribution in [2.24, 2.45) is 0 Å². The molecule has 1 heterocycles. The molecule has 13 heavy (non-hydrogen) atoms. The molecule has 0 atom stereocenters. The average Bonchev–Trinajstić information content (AvgIpc) is 2.08. The highest BCUT2D eigenvalue weighted by Crippen LogP contribution is 2.17. The van der Waals surface area contributed by atoms with Gasteiger partial charge in [-0.25, -0.2) is 9.37 Å². The molecule has 0 unspecified atom stereocenters. The highest BCUT2D eigenvalue weighted by molar-refractivity contribution is 6.28. The van der Waals surface area contributed by atoms with Gasteiger partial charge in [-0.1, -0.05) is 0 Å². The Kier molecular flexibility index (Phi) is 3.03. The molecule has 3 nitrogen and oxygen atoms in total. The van der Waals surface area contributed by atoms with Gasteiger partial charge < -0.3 is 4.90 Å².